The van der Waals surface area contributed by atoms with Crippen LogP contribution >= 0.6 is 0 Å². The summed E-state index contributed by atoms with van der Waals surface area (Å²) in [6.45, 7) is 6.78. The van der Waals surface area contributed by atoms with Crippen LogP contribution in [0.4, 0.5) is 0 Å². The third kappa shape index (κ3) is 15.6. The number of ether oxygens (including phenoxy) is 2. The van der Waals surface area contributed by atoms with Crippen LogP contribution in [0.2, 0.25) is 0 Å². The van der Waals surface area contributed by atoms with Crippen molar-refractivity contribution in [2.75, 3.05) is 6.61 Å². The molecule has 1 fully saturated rings. The summed E-state index contributed by atoms with van der Waals surface area (Å²) >= 11 is 0. The summed E-state index contributed by atoms with van der Waals surface area (Å²) in [5.74, 6) is 0.458. The van der Waals surface area contributed by atoms with Gasteiger partial charge in [-0.1, -0.05) is 129 Å². The minimum atomic E-state index is -1.23. The highest BCUT2D eigenvalue weighted by atomic mass is 16.7. The molecule has 5 nitrogen and oxygen atoms in total. The number of unbranched alkanes of at least 4 members (excludes halogenated alkanes) is 16. The molecule has 35 heavy (non-hydrogen) atoms. The van der Waals surface area contributed by atoms with Gasteiger partial charge in [0, 0.05) is 0 Å². The minimum absolute atomic E-state index is 0.458. The van der Waals surface area contributed by atoms with Crippen LogP contribution in [0.1, 0.15) is 149 Å². The van der Waals surface area contributed by atoms with Crippen molar-refractivity contribution in [3.63, 3.8) is 0 Å². The molecular formula is C30H60O5. The Hall–Kier alpha value is -0.200. The first-order valence-corrected chi connectivity index (χ1v) is 15.3. The van der Waals surface area contributed by atoms with Gasteiger partial charge in [-0.3, -0.25) is 0 Å². The summed E-state index contributed by atoms with van der Waals surface area (Å²) in [5, 5.41) is 30.3. The monoisotopic (exact) mass is 500 g/mol. The molecule has 0 aromatic heterocycles. The molecule has 6 atom stereocenters. The summed E-state index contributed by atoms with van der Waals surface area (Å²) in [5.41, 5.74) is 0. The first kappa shape index (κ1) is 32.8. The minimum Gasteiger partial charge on any atom is -0.388 e. The highest BCUT2D eigenvalue weighted by Crippen LogP contribution is 2.25. The SMILES string of the molecule is CCCCCCCCCCCCC(CCCCCCCCCC)CO[C@H]1O[C@H](C)[C@H](O)[C@H](O)[C@H]1O. The van der Waals surface area contributed by atoms with Gasteiger partial charge in [0.15, 0.2) is 6.29 Å². The van der Waals surface area contributed by atoms with Crippen molar-refractivity contribution in [3.8, 4) is 0 Å². The second-order valence-electron chi connectivity index (χ2n) is 11.1. The van der Waals surface area contributed by atoms with Gasteiger partial charge in [0.25, 0.3) is 0 Å². The van der Waals surface area contributed by atoms with Crippen LogP contribution in [-0.2, 0) is 9.47 Å². The predicted octanol–water partition coefficient (Wildman–Crippen LogP) is 7.29. The van der Waals surface area contributed by atoms with E-state index in [9.17, 15) is 15.3 Å². The standard InChI is InChI=1S/C30H60O5/c1-4-6-8-10-12-14-15-17-19-21-23-26(22-20-18-16-13-11-9-7-5-2)24-34-30-29(33)28(32)27(31)25(3)35-30/h25-33H,4-24H2,1-3H3/t25-,26?,27+,28+,29-,30+/m1/s1. The maximum atomic E-state index is 10.3. The van der Waals surface area contributed by atoms with Crippen LogP contribution in [0.15, 0.2) is 0 Å². The summed E-state index contributed by atoms with van der Waals surface area (Å²) in [7, 11) is 0. The van der Waals surface area contributed by atoms with E-state index in [0.29, 0.717) is 12.5 Å². The number of hydrogen-bond donors (Lipinski definition) is 3. The lowest BCUT2D eigenvalue weighted by molar-refractivity contribution is -0.295. The molecule has 0 amide bonds. The Morgan fingerprint density at radius 2 is 0.971 bits per heavy atom. The van der Waals surface area contributed by atoms with Crippen LogP contribution < -0.4 is 0 Å². The Labute approximate surface area is 217 Å². The van der Waals surface area contributed by atoms with Crippen molar-refractivity contribution in [2.45, 2.75) is 180 Å². The maximum Gasteiger partial charge on any atom is 0.186 e. The normalized spacial score (nSPS) is 25.7. The molecule has 1 saturated heterocycles. The Morgan fingerprint density at radius 3 is 1.40 bits per heavy atom. The Bertz CT molecular complexity index is 460. The van der Waals surface area contributed by atoms with Crippen LogP contribution in [-0.4, -0.2) is 52.6 Å². The Kier molecular flexibility index (Phi) is 20.5. The van der Waals surface area contributed by atoms with Crippen LogP contribution in [0.3, 0.4) is 0 Å². The van der Waals surface area contributed by atoms with Gasteiger partial charge in [-0.15, -0.1) is 0 Å². The number of aliphatic hydroxyl groups excluding tert-OH is 3. The maximum absolute atomic E-state index is 10.3. The summed E-state index contributed by atoms with van der Waals surface area (Å²) in [6, 6.07) is 0. The van der Waals surface area contributed by atoms with E-state index in [4.69, 9.17) is 9.47 Å². The van der Waals surface area contributed by atoms with Gasteiger partial charge in [-0.05, 0) is 25.7 Å². The molecule has 1 aliphatic rings. The lowest BCUT2D eigenvalue weighted by Gasteiger charge is -2.39. The van der Waals surface area contributed by atoms with Gasteiger partial charge in [0.2, 0.25) is 0 Å². The zero-order valence-electron chi connectivity index (χ0n) is 23.5. The molecule has 0 aliphatic carbocycles. The second kappa shape index (κ2) is 21.8. The van der Waals surface area contributed by atoms with Crippen molar-refractivity contribution in [1.29, 1.82) is 0 Å². The fourth-order valence-electron chi connectivity index (χ4n) is 5.18. The molecule has 210 valence electrons. The average molecular weight is 501 g/mol. The van der Waals surface area contributed by atoms with E-state index in [1.807, 2.05) is 0 Å². The van der Waals surface area contributed by atoms with Crippen LogP contribution in [0.5, 0.6) is 0 Å². The fourth-order valence-corrected chi connectivity index (χ4v) is 5.18. The molecule has 0 bridgehead atoms. The third-order valence-electron chi connectivity index (χ3n) is 7.74. The highest BCUT2D eigenvalue weighted by Gasteiger charge is 2.42. The van der Waals surface area contributed by atoms with Crippen molar-refractivity contribution in [2.24, 2.45) is 5.92 Å². The molecule has 0 aromatic carbocycles. The molecule has 0 radical (unpaired) electrons. The van der Waals surface area contributed by atoms with Gasteiger partial charge in [-0.25, -0.2) is 0 Å². The van der Waals surface area contributed by atoms with E-state index < -0.39 is 30.7 Å². The second-order valence-corrected chi connectivity index (χ2v) is 11.1. The largest absolute Gasteiger partial charge is 0.388 e. The van der Waals surface area contributed by atoms with Gasteiger partial charge >= 0.3 is 0 Å². The lowest BCUT2D eigenvalue weighted by atomic mass is 9.94. The van der Waals surface area contributed by atoms with Gasteiger partial charge < -0.3 is 24.8 Å². The molecule has 0 aromatic rings. The van der Waals surface area contributed by atoms with Crippen LogP contribution in [0.25, 0.3) is 0 Å². The topological polar surface area (TPSA) is 79.2 Å². The summed E-state index contributed by atoms with van der Waals surface area (Å²) in [4.78, 5) is 0. The van der Waals surface area contributed by atoms with E-state index in [0.717, 1.165) is 12.8 Å². The summed E-state index contributed by atoms with van der Waals surface area (Å²) in [6.07, 6.45) is 21.4. The van der Waals surface area contributed by atoms with Crippen molar-refractivity contribution >= 4 is 0 Å². The van der Waals surface area contributed by atoms with Crippen molar-refractivity contribution < 1.29 is 24.8 Å². The molecular weight excluding hydrogens is 440 g/mol. The fraction of sp³-hybridized carbons (Fsp3) is 1.00. The molecule has 1 aliphatic heterocycles. The first-order chi connectivity index (χ1) is 17.0. The average Bonchev–Trinajstić information content (AvgIpc) is 2.86. The Balaban J connectivity index is 2.30. The molecule has 3 N–H and O–H groups in total. The lowest BCUT2D eigenvalue weighted by Crippen LogP contribution is -2.57. The first-order valence-electron chi connectivity index (χ1n) is 15.3. The van der Waals surface area contributed by atoms with Crippen molar-refractivity contribution in [1.82, 2.24) is 0 Å². The predicted molar refractivity (Wildman–Crippen MR) is 145 cm³/mol. The molecule has 1 rings (SSSR count). The van der Waals surface area contributed by atoms with Gasteiger partial charge in [0.05, 0.1) is 12.7 Å². The molecule has 0 spiro atoms. The van der Waals surface area contributed by atoms with E-state index in [1.54, 1.807) is 6.92 Å². The van der Waals surface area contributed by atoms with E-state index in [-0.39, 0.29) is 0 Å². The molecule has 5 heteroatoms. The van der Waals surface area contributed by atoms with E-state index in [1.165, 1.54) is 116 Å². The summed E-state index contributed by atoms with van der Waals surface area (Å²) < 4.78 is 11.6. The number of hydrogen-bond acceptors (Lipinski definition) is 5. The van der Waals surface area contributed by atoms with E-state index >= 15 is 0 Å². The molecule has 1 unspecified atom stereocenters. The zero-order valence-corrected chi connectivity index (χ0v) is 23.5. The number of aliphatic hydroxyl groups is 3. The van der Waals surface area contributed by atoms with Crippen molar-refractivity contribution in [3.05, 3.63) is 0 Å². The molecule has 1 heterocycles. The smallest absolute Gasteiger partial charge is 0.186 e. The molecule has 0 saturated carbocycles. The quantitative estimate of drug-likeness (QED) is 0.128. The van der Waals surface area contributed by atoms with Crippen LogP contribution in [0, 0.1) is 5.92 Å². The van der Waals surface area contributed by atoms with Gasteiger partial charge in [0.1, 0.15) is 18.3 Å². The van der Waals surface area contributed by atoms with E-state index in [2.05, 4.69) is 13.8 Å². The number of rotatable bonds is 23. The highest BCUT2D eigenvalue weighted by molar-refractivity contribution is 4.87. The third-order valence-corrected chi connectivity index (χ3v) is 7.74. The Morgan fingerprint density at radius 1 is 0.571 bits per heavy atom. The zero-order chi connectivity index (χ0) is 25.7. The van der Waals surface area contributed by atoms with Gasteiger partial charge in [-0.2, -0.15) is 0 Å².